The summed E-state index contributed by atoms with van der Waals surface area (Å²) in [5, 5.41) is 0. The summed E-state index contributed by atoms with van der Waals surface area (Å²) in [5.41, 5.74) is 0.630. The van der Waals surface area contributed by atoms with Gasteiger partial charge in [-0.3, -0.25) is 4.79 Å². The third-order valence-electron chi connectivity index (χ3n) is 3.54. The number of benzene rings is 1. The van der Waals surface area contributed by atoms with E-state index < -0.39 is 0 Å². The molecular formula is C15H21NO3. The summed E-state index contributed by atoms with van der Waals surface area (Å²) in [7, 11) is 3.18. The number of carbonyl (C=O) groups excluding carboxylic acids is 1. The average Bonchev–Trinajstić information content (AvgIpc) is 2.45. The predicted molar refractivity (Wildman–Crippen MR) is 73.8 cm³/mol. The van der Waals surface area contributed by atoms with Crippen molar-refractivity contribution < 1.29 is 14.3 Å². The molecule has 1 aliphatic rings. The lowest BCUT2D eigenvalue weighted by molar-refractivity contribution is 0.0682. The molecule has 1 atom stereocenters. The van der Waals surface area contributed by atoms with Crippen LogP contribution in [0.4, 0.5) is 0 Å². The van der Waals surface area contributed by atoms with E-state index in [0.29, 0.717) is 23.0 Å². The highest BCUT2D eigenvalue weighted by molar-refractivity contribution is 5.95. The highest BCUT2D eigenvalue weighted by atomic mass is 16.5. The summed E-state index contributed by atoms with van der Waals surface area (Å²) in [5.74, 6) is 1.93. The number of amides is 1. The minimum Gasteiger partial charge on any atom is -0.497 e. The zero-order chi connectivity index (χ0) is 13.8. The maximum Gasteiger partial charge on any atom is 0.254 e. The fourth-order valence-corrected chi connectivity index (χ4v) is 2.49. The molecule has 0 aromatic heterocycles. The van der Waals surface area contributed by atoms with E-state index in [0.717, 1.165) is 19.5 Å². The van der Waals surface area contributed by atoms with Crippen molar-refractivity contribution in [1.82, 2.24) is 4.90 Å². The van der Waals surface area contributed by atoms with Gasteiger partial charge < -0.3 is 14.4 Å². The molecule has 0 aliphatic carbocycles. The van der Waals surface area contributed by atoms with Gasteiger partial charge in [-0.2, -0.15) is 0 Å². The first kappa shape index (κ1) is 13.7. The largest absolute Gasteiger partial charge is 0.497 e. The van der Waals surface area contributed by atoms with Gasteiger partial charge in [0.05, 0.1) is 14.2 Å². The number of rotatable bonds is 3. The van der Waals surface area contributed by atoms with Crippen molar-refractivity contribution in [2.24, 2.45) is 5.92 Å². The topological polar surface area (TPSA) is 38.8 Å². The smallest absolute Gasteiger partial charge is 0.254 e. The Hall–Kier alpha value is -1.71. The molecule has 0 spiro atoms. The second-order valence-electron chi connectivity index (χ2n) is 5.10. The van der Waals surface area contributed by atoms with Crippen LogP contribution in [0.5, 0.6) is 11.5 Å². The predicted octanol–water partition coefficient (Wildman–Crippen LogP) is 2.58. The van der Waals surface area contributed by atoms with Gasteiger partial charge in [0.25, 0.3) is 5.91 Å². The first-order valence-corrected chi connectivity index (χ1v) is 6.66. The van der Waals surface area contributed by atoms with E-state index in [9.17, 15) is 4.79 Å². The van der Waals surface area contributed by atoms with Crippen LogP contribution in [0.25, 0.3) is 0 Å². The molecule has 1 aromatic carbocycles. The Morgan fingerprint density at radius 3 is 2.37 bits per heavy atom. The van der Waals surface area contributed by atoms with Gasteiger partial charge >= 0.3 is 0 Å². The number of hydrogen-bond donors (Lipinski definition) is 0. The Morgan fingerprint density at radius 1 is 1.21 bits per heavy atom. The molecule has 4 heteroatoms. The number of methoxy groups -OCH3 is 2. The molecule has 1 saturated heterocycles. The Kier molecular flexibility index (Phi) is 4.30. The summed E-state index contributed by atoms with van der Waals surface area (Å²) < 4.78 is 10.4. The van der Waals surface area contributed by atoms with Crippen molar-refractivity contribution >= 4 is 5.91 Å². The normalized spacial score (nSPS) is 19.1. The number of hydrogen-bond acceptors (Lipinski definition) is 3. The molecule has 0 radical (unpaired) electrons. The number of carbonyl (C=O) groups is 1. The van der Waals surface area contributed by atoms with Crippen LogP contribution in [0.1, 0.15) is 30.1 Å². The quantitative estimate of drug-likeness (QED) is 0.841. The lowest BCUT2D eigenvalue weighted by atomic mass is 9.99. The van der Waals surface area contributed by atoms with E-state index in [2.05, 4.69) is 6.92 Å². The Balaban J connectivity index is 2.22. The van der Waals surface area contributed by atoms with Crippen molar-refractivity contribution in [3.8, 4) is 11.5 Å². The molecule has 0 saturated carbocycles. The second kappa shape index (κ2) is 5.95. The van der Waals surface area contributed by atoms with Crippen LogP contribution < -0.4 is 9.47 Å². The van der Waals surface area contributed by atoms with Crippen molar-refractivity contribution in [1.29, 1.82) is 0 Å². The minimum absolute atomic E-state index is 0.0590. The lowest BCUT2D eigenvalue weighted by Gasteiger charge is -2.31. The van der Waals surface area contributed by atoms with Gasteiger partial charge in [0.2, 0.25) is 0 Å². The van der Waals surface area contributed by atoms with Crippen LogP contribution in [0.3, 0.4) is 0 Å². The summed E-state index contributed by atoms with van der Waals surface area (Å²) in [6.07, 6.45) is 2.28. The molecule has 1 amide bonds. The van der Waals surface area contributed by atoms with E-state index in [4.69, 9.17) is 9.47 Å². The standard InChI is InChI=1S/C15H21NO3/c1-11-5-4-6-16(10-11)15(17)12-7-13(18-2)9-14(8-12)19-3/h7-9,11H,4-6,10H2,1-3H3. The van der Waals surface area contributed by atoms with Gasteiger partial charge in [-0.25, -0.2) is 0 Å². The molecule has 19 heavy (non-hydrogen) atoms. The van der Waals surface area contributed by atoms with Gasteiger partial charge in [-0.1, -0.05) is 6.92 Å². The number of piperidine rings is 1. The van der Waals surface area contributed by atoms with Crippen LogP contribution in [-0.4, -0.2) is 38.1 Å². The monoisotopic (exact) mass is 263 g/mol. The Bertz CT molecular complexity index is 436. The molecule has 1 heterocycles. The number of ether oxygens (including phenoxy) is 2. The van der Waals surface area contributed by atoms with Crippen LogP contribution in [-0.2, 0) is 0 Å². The molecular weight excluding hydrogens is 242 g/mol. The maximum atomic E-state index is 12.5. The maximum absolute atomic E-state index is 12.5. The third-order valence-corrected chi connectivity index (χ3v) is 3.54. The van der Waals surface area contributed by atoms with Crippen molar-refractivity contribution in [3.63, 3.8) is 0 Å². The van der Waals surface area contributed by atoms with Crippen LogP contribution in [0.2, 0.25) is 0 Å². The third kappa shape index (κ3) is 3.19. The van der Waals surface area contributed by atoms with E-state index in [-0.39, 0.29) is 5.91 Å². The molecule has 104 valence electrons. The molecule has 0 bridgehead atoms. The van der Waals surface area contributed by atoms with Gasteiger partial charge in [-0.05, 0) is 30.9 Å². The van der Waals surface area contributed by atoms with E-state index >= 15 is 0 Å². The second-order valence-corrected chi connectivity index (χ2v) is 5.10. The van der Waals surface area contributed by atoms with Gasteiger partial charge in [0.1, 0.15) is 11.5 Å². The van der Waals surface area contributed by atoms with Gasteiger partial charge in [0, 0.05) is 24.7 Å². The summed E-state index contributed by atoms with van der Waals surface area (Å²) in [4.78, 5) is 14.4. The highest BCUT2D eigenvalue weighted by Gasteiger charge is 2.22. The number of likely N-dealkylation sites (tertiary alicyclic amines) is 1. The Morgan fingerprint density at radius 2 is 1.84 bits per heavy atom. The lowest BCUT2D eigenvalue weighted by Crippen LogP contribution is -2.39. The molecule has 1 aliphatic heterocycles. The summed E-state index contributed by atoms with van der Waals surface area (Å²) in [6.45, 7) is 3.85. The highest BCUT2D eigenvalue weighted by Crippen LogP contribution is 2.25. The van der Waals surface area contributed by atoms with Crippen LogP contribution in [0, 0.1) is 5.92 Å². The van der Waals surface area contributed by atoms with E-state index in [1.54, 1.807) is 32.4 Å². The fraction of sp³-hybridized carbons (Fsp3) is 0.533. The Labute approximate surface area is 114 Å². The van der Waals surface area contributed by atoms with Crippen LogP contribution >= 0.6 is 0 Å². The fourth-order valence-electron chi connectivity index (χ4n) is 2.49. The molecule has 4 nitrogen and oxygen atoms in total. The first-order valence-electron chi connectivity index (χ1n) is 6.66. The zero-order valence-corrected chi connectivity index (χ0v) is 11.8. The van der Waals surface area contributed by atoms with Gasteiger partial charge in [-0.15, -0.1) is 0 Å². The summed E-state index contributed by atoms with van der Waals surface area (Å²) >= 11 is 0. The van der Waals surface area contributed by atoms with E-state index in [1.165, 1.54) is 6.42 Å². The number of nitrogens with zero attached hydrogens (tertiary/aromatic N) is 1. The minimum atomic E-state index is 0.0590. The molecule has 1 unspecified atom stereocenters. The van der Waals surface area contributed by atoms with Crippen LogP contribution in [0.15, 0.2) is 18.2 Å². The van der Waals surface area contributed by atoms with Gasteiger partial charge in [0.15, 0.2) is 0 Å². The van der Waals surface area contributed by atoms with Crippen molar-refractivity contribution in [2.75, 3.05) is 27.3 Å². The molecule has 1 fully saturated rings. The average molecular weight is 263 g/mol. The summed E-state index contributed by atoms with van der Waals surface area (Å²) in [6, 6.07) is 5.31. The SMILES string of the molecule is COc1cc(OC)cc(C(=O)N2CCCC(C)C2)c1. The zero-order valence-electron chi connectivity index (χ0n) is 11.8. The van der Waals surface area contributed by atoms with Crippen molar-refractivity contribution in [2.45, 2.75) is 19.8 Å². The molecule has 0 N–H and O–H groups in total. The van der Waals surface area contributed by atoms with Crippen molar-refractivity contribution in [3.05, 3.63) is 23.8 Å². The van der Waals surface area contributed by atoms with E-state index in [1.807, 2.05) is 4.90 Å². The molecule has 2 rings (SSSR count). The molecule has 1 aromatic rings. The first-order chi connectivity index (χ1) is 9.13.